The Balaban J connectivity index is 2.13. The van der Waals surface area contributed by atoms with E-state index in [4.69, 9.17) is 13.7 Å². The molecule has 9 heteroatoms. The molecule has 0 heterocycles. The molecular weight excluding hydrogens is 420 g/mol. The van der Waals surface area contributed by atoms with Gasteiger partial charge in [0.2, 0.25) is 0 Å². The summed E-state index contributed by atoms with van der Waals surface area (Å²) in [5, 5.41) is 0. The van der Waals surface area contributed by atoms with E-state index in [1.165, 1.54) is 37.0 Å². The van der Waals surface area contributed by atoms with Gasteiger partial charge < -0.3 is 14.4 Å². The number of likely N-dealkylation sites (N-methyl/N-ethyl adjacent to an activating group) is 1. The van der Waals surface area contributed by atoms with Crippen LogP contribution >= 0.6 is 0 Å². The molecule has 31 heavy (non-hydrogen) atoms. The smallest absolute Gasteiger partial charge is 0.338 e. The number of nitrogens with zero attached hydrogens (tertiary/aromatic N) is 2. The van der Waals surface area contributed by atoms with Crippen LogP contribution in [0.1, 0.15) is 64.7 Å². The van der Waals surface area contributed by atoms with Gasteiger partial charge in [-0.05, 0) is 59.0 Å². The zero-order valence-corrected chi connectivity index (χ0v) is 20.4. The Morgan fingerprint density at radius 3 is 2.35 bits per heavy atom. The van der Waals surface area contributed by atoms with Gasteiger partial charge >= 0.3 is 16.3 Å². The highest BCUT2D eigenvalue weighted by molar-refractivity contribution is 7.84. The summed E-state index contributed by atoms with van der Waals surface area (Å²) in [5.74, 6) is -0.684. The van der Waals surface area contributed by atoms with Gasteiger partial charge in [0.1, 0.15) is 0 Å². The first-order chi connectivity index (χ1) is 14.8. The van der Waals surface area contributed by atoms with Gasteiger partial charge in [0.05, 0.1) is 12.7 Å². The number of rotatable bonds is 17. The summed E-state index contributed by atoms with van der Waals surface area (Å²) in [4.78, 5) is 13.6. The molecule has 0 radical (unpaired) electrons. The van der Waals surface area contributed by atoms with Crippen LogP contribution in [0.3, 0.4) is 0 Å². The van der Waals surface area contributed by atoms with Crippen molar-refractivity contribution >= 4 is 16.3 Å². The van der Waals surface area contributed by atoms with Crippen LogP contribution in [-0.2, 0) is 28.8 Å². The van der Waals surface area contributed by atoms with Crippen molar-refractivity contribution in [2.75, 3.05) is 47.0 Å². The van der Waals surface area contributed by atoms with Crippen molar-refractivity contribution in [1.82, 2.24) is 9.21 Å². The first-order valence-corrected chi connectivity index (χ1v) is 12.9. The predicted octanol–water partition coefficient (Wildman–Crippen LogP) is 3.14. The summed E-state index contributed by atoms with van der Waals surface area (Å²) in [6.45, 7) is 7.83. The van der Waals surface area contributed by atoms with Crippen LogP contribution in [0.5, 0.6) is 0 Å². The van der Waals surface area contributed by atoms with Gasteiger partial charge in [-0.2, -0.15) is 12.7 Å². The first kappa shape index (κ1) is 28.0. The third-order valence-electron chi connectivity index (χ3n) is 5.62. The number of carbonyl (C=O) groups is 1. The maximum atomic E-state index is 12.3. The second-order valence-corrected chi connectivity index (χ2v) is 9.83. The Hall–Kier alpha value is -1.00. The van der Waals surface area contributed by atoms with Crippen LogP contribution in [0.15, 0.2) is 12.7 Å². The third kappa shape index (κ3) is 12.0. The van der Waals surface area contributed by atoms with E-state index in [-0.39, 0.29) is 18.8 Å². The lowest BCUT2D eigenvalue weighted by Crippen LogP contribution is -2.42. The fraction of sp³-hybridized carbons (Fsp3) is 0.864. The molecule has 8 nitrogen and oxygen atoms in total. The molecule has 0 aromatic rings. The van der Waals surface area contributed by atoms with E-state index in [1.807, 2.05) is 6.08 Å². The molecule has 0 unspecified atom stereocenters. The van der Waals surface area contributed by atoms with Gasteiger partial charge in [-0.15, -0.1) is 6.58 Å². The molecule has 1 rings (SSSR count). The van der Waals surface area contributed by atoms with E-state index in [1.54, 1.807) is 6.92 Å². The predicted molar refractivity (Wildman–Crippen MR) is 122 cm³/mol. The van der Waals surface area contributed by atoms with E-state index >= 15 is 0 Å². The maximum Gasteiger partial charge on any atom is 0.338 e. The largest absolute Gasteiger partial charge is 0.464 e. The van der Waals surface area contributed by atoms with Crippen molar-refractivity contribution < 1.29 is 26.9 Å². The zero-order valence-electron chi connectivity index (χ0n) is 19.6. The Bertz CT molecular complexity index is 605. The second-order valence-electron chi connectivity index (χ2n) is 8.16. The van der Waals surface area contributed by atoms with Crippen LogP contribution < -0.4 is 0 Å². The van der Waals surface area contributed by atoms with Crippen molar-refractivity contribution in [3.05, 3.63) is 12.7 Å². The Morgan fingerprint density at radius 2 is 1.71 bits per heavy atom. The average molecular weight is 463 g/mol. The van der Waals surface area contributed by atoms with Crippen LogP contribution in [-0.4, -0.2) is 82.7 Å². The van der Waals surface area contributed by atoms with Crippen molar-refractivity contribution in [2.45, 2.75) is 76.9 Å². The Kier molecular flexibility index (Phi) is 14.2. The number of hydrogen-bond donors (Lipinski definition) is 0. The topological polar surface area (TPSA) is 85.4 Å². The number of esters is 1. The minimum absolute atomic E-state index is 0.133. The standard InChI is InChI=1S/C22H42N2O6S/c1-5-16-23(3)17-10-8-7-9-11-18-29-21-14-12-20(13-15-21)24(4)31(26,27)30-19-22(25)28-6-2/h5,20-21H,1,6-19H2,2-4H3. The van der Waals surface area contributed by atoms with Gasteiger partial charge in [-0.3, -0.25) is 0 Å². The van der Waals surface area contributed by atoms with Crippen molar-refractivity contribution in [1.29, 1.82) is 0 Å². The molecule has 0 bridgehead atoms. The third-order valence-corrected chi connectivity index (χ3v) is 7.04. The molecule has 0 aromatic heterocycles. The lowest BCUT2D eigenvalue weighted by molar-refractivity contribution is -0.145. The molecule has 0 atom stereocenters. The fourth-order valence-electron chi connectivity index (χ4n) is 3.74. The molecule has 0 aliphatic heterocycles. The summed E-state index contributed by atoms with van der Waals surface area (Å²) >= 11 is 0. The lowest BCUT2D eigenvalue weighted by atomic mass is 9.93. The summed E-state index contributed by atoms with van der Waals surface area (Å²) in [5.41, 5.74) is 0. The van der Waals surface area contributed by atoms with Crippen LogP contribution in [0, 0.1) is 0 Å². The number of hydrogen-bond acceptors (Lipinski definition) is 7. The second kappa shape index (κ2) is 15.7. The van der Waals surface area contributed by atoms with Crippen LogP contribution in [0.25, 0.3) is 0 Å². The zero-order chi connectivity index (χ0) is 23.1. The molecule has 1 aliphatic carbocycles. The minimum atomic E-state index is -3.95. The summed E-state index contributed by atoms with van der Waals surface area (Å²) in [7, 11) is -0.327. The molecule has 1 saturated carbocycles. The summed E-state index contributed by atoms with van der Waals surface area (Å²) in [6, 6.07) is -0.133. The summed E-state index contributed by atoms with van der Waals surface area (Å²) < 4.78 is 41.3. The number of unbranched alkanes of at least 4 members (excludes halogenated alkanes) is 4. The van der Waals surface area contributed by atoms with Gasteiger partial charge in [0, 0.05) is 26.2 Å². The number of carbonyl (C=O) groups excluding carboxylic acids is 1. The van der Waals surface area contributed by atoms with E-state index in [2.05, 4.69) is 18.5 Å². The Labute approximate surface area is 189 Å². The molecule has 0 spiro atoms. The van der Waals surface area contributed by atoms with E-state index < -0.39 is 22.9 Å². The molecule has 0 saturated heterocycles. The number of ether oxygens (including phenoxy) is 2. The molecule has 0 aromatic carbocycles. The van der Waals surface area contributed by atoms with Crippen LogP contribution in [0.4, 0.5) is 0 Å². The monoisotopic (exact) mass is 462 g/mol. The first-order valence-electron chi connectivity index (χ1n) is 11.5. The highest BCUT2D eigenvalue weighted by Gasteiger charge is 2.31. The molecule has 0 amide bonds. The normalized spacial score (nSPS) is 19.6. The minimum Gasteiger partial charge on any atom is -0.464 e. The van der Waals surface area contributed by atoms with E-state index in [0.717, 1.165) is 51.8 Å². The molecule has 1 aliphatic rings. The molecule has 0 N–H and O–H groups in total. The highest BCUT2D eigenvalue weighted by Crippen LogP contribution is 2.26. The van der Waals surface area contributed by atoms with Crippen molar-refractivity contribution in [3.63, 3.8) is 0 Å². The fourth-order valence-corrected chi connectivity index (χ4v) is 4.73. The quantitative estimate of drug-likeness (QED) is 0.186. The van der Waals surface area contributed by atoms with Crippen LogP contribution in [0.2, 0.25) is 0 Å². The molecule has 182 valence electrons. The highest BCUT2D eigenvalue weighted by atomic mass is 32.2. The SMILES string of the molecule is C=CCN(C)CCCCCCCOC1CCC(N(C)S(=O)(=O)OCC(=O)OCC)CC1. The average Bonchev–Trinajstić information content (AvgIpc) is 2.74. The van der Waals surface area contributed by atoms with Crippen molar-refractivity contribution in [2.24, 2.45) is 0 Å². The van der Waals surface area contributed by atoms with E-state index in [9.17, 15) is 13.2 Å². The van der Waals surface area contributed by atoms with Gasteiger partial charge in [-0.25, -0.2) is 8.98 Å². The van der Waals surface area contributed by atoms with Gasteiger partial charge in [-0.1, -0.05) is 25.3 Å². The maximum absolute atomic E-state index is 12.3. The summed E-state index contributed by atoms with van der Waals surface area (Å²) in [6.07, 6.45) is 11.2. The Morgan fingerprint density at radius 1 is 1.06 bits per heavy atom. The van der Waals surface area contributed by atoms with E-state index in [0.29, 0.717) is 0 Å². The van der Waals surface area contributed by atoms with Gasteiger partial charge in [0.15, 0.2) is 6.61 Å². The van der Waals surface area contributed by atoms with Crippen molar-refractivity contribution in [3.8, 4) is 0 Å². The van der Waals surface area contributed by atoms with Gasteiger partial charge in [0.25, 0.3) is 0 Å². The molecular formula is C22H42N2O6S. The molecule has 1 fully saturated rings. The lowest BCUT2D eigenvalue weighted by Gasteiger charge is -2.33.